The van der Waals surface area contributed by atoms with Crippen molar-refractivity contribution in [2.75, 3.05) is 4.72 Å². The van der Waals surface area contributed by atoms with Crippen molar-refractivity contribution >= 4 is 21.8 Å². The van der Waals surface area contributed by atoms with Crippen molar-refractivity contribution in [1.82, 2.24) is 9.78 Å². The van der Waals surface area contributed by atoms with Gasteiger partial charge in [-0.3, -0.25) is 9.40 Å². The molecule has 0 saturated carbocycles. The van der Waals surface area contributed by atoms with Gasteiger partial charge in [0, 0.05) is 18.8 Å². The average Bonchev–Trinajstić information content (AvgIpc) is 2.79. The van der Waals surface area contributed by atoms with Crippen LogP contribution in [-0.4, -0.2) is 34.4 Å². The molecule has 9 heteroatoms. The zero-order valence-electron chi connectivity index (χ0n) is 12.9. The minimum atomic E-state index is -4.17. The summed E-state index contributed by atoms with van der Waals surface area (Å²) in [7, 11) is -2.49. The number of nitrogens with zero attached hydrogens (tertiary/aromatic N) is 2. The Morgan fingerprint density at radius 3 is 2.52 bits per heavy atom. The van der Waals surface area contributed by atoms with Crippen LogP contribution in [-0.2, 0) is 23.5 Å². The molecule has 1 aromatic carbocycles. The molecule has 0 atom stereocenters. The van der Waals surface area contributed by atoms with Crippen LogP contribution in [0.15, 0.2) is 23.1 Å². The molecule has 0 saturated heterocycles. The summed E-state index contributed by atoms with van der Waals surface area (Å²) in [6.45, 7) is 3.45. The van der Waals surface area contributed by atoms with E-state index in [-0.39, 0.29) is 5.82 Å². The van der Waals surface area contributed by atoms with E-state index in [0.29, 0.717) is 12.0 Å². The molecule has 2 aromatic rings. The Hall–Kier alpha value is -2.55. The quantitative estimate of drug-likeness (QED) is 0.759. The summed E-state index contributed by atoms with van der Waals surface area (Å²) in [6, 6.07) is 3.98. The first-order valence-electron chi connectivity index (χ1n) is 6.78. The molecular formula is C14H17N3O5S. The van der Waals surface area contributed by atoms with E-state index in [4.69, 9.17) is 5.11 Å². The first-order chi connectivity index (χ1) is 10.7. The number of aromatic carboxylic acids is 1. The zero-order valence-corrected chi connectivity index (χ0v) is 13.7. The second-order valence-corrected chi connectivity index (χ2v) is 6.72. The summed E-state index contributed by atoms with van der Waals surface area (Å²) in [5.41, 5.74) is 0.749. The van der Waals surface area contributed by atoms with E-state index in [1.54, 1.807) is 20.0 Å². The summed E-state index contributed by atoms with van der Waals surface area (Å²) in [5.74, 6) is -2.11. The number of aromatic nitrogens is 2. The first-order valence-corrected chi connectivity index (χ1v) is 8.26. The third-order valence-electron chi connectivity index (χ3n) is 3.32. The molecule has 0 aliphatic heterocycles. The van der Waals surface area contributed by atoms with Crippen molar-refractivity contribution in [2.24, 2.45) is 7.05 Å². The van der Waals surface area contributed by atoms with E-state index < -0.39 is 32.2 Å². The average molecular weight is 339 g/mol. The van der Waals surface area contributed by atoms with Gasteiger partial charge >= 0.3 is 5.97 Å². The van der Waals surface area contributed by atoms with Crippen LogP contribution in [0.2, 0.25) is 0 Å². The number of hydrogen-bond donors (Lipinski definition) is 3. The van der Waals surface area contributed by atoms with Gasteiger partial charge in [0.05, 0.1) is 0 Å². The fourth-order valence-corrected chi connectivity index (χ4v) is 3.38. The molecule has 23 heavy (non-hydrogen) atoms. The highest BCUT2D eigenvalue weighted by atomic mass is 32.2. The number of hydrogen-bond acceptors (Lipinski definition) is 5. The lowest BCUT2D eigenvalue weighted by atomic mass is 10.1. The number of aromatic hydroxyl groups is 1. The second kappa shape index (κ2) is 5.92. The molecule has 0 bridgehead atoms. The SMILES string of the molecule is CCc1cc(NS(=O)(=O)c2cc(C)cc(C(=O)O)c2O)nn1C. The predicted octanol–water partition coefficient (Wildman–Crippen LogP) is 1.50. The van der Waals surface area contributed by atoms with Crippen molar-refractivity contribution in [3.8, 4) is 5.75 Å². The highest BCUT2D eigenvalue weighted by Gasteiger charge is 2.25. The maximum atomic E-state index is 12.4. The van der Waals surface area contributed by atoms with Crippen LogP contribution in [0.3, 0.4) is 0 Å². The van der Waals surface area contributed by atoms with Crippen LogP contribution in [0, 0.1) is 6.92 Å². The Labute approximate surface area is 133 Å². The van der Waals surface area contributed by atoms with Gasteiger partial charge in [-0.25, -0.2) is 13.2 Å². The van der Waals surface area contributed by atoms with Crippen molar-refractivity contribution in [1.29, 1.82) is 0 Å². The fourth-order valence-electron chi connectivity index (χ4n) is 2.19. The minimum Gasteiger partial charge on any atom is -0.506 e. The molecule has 0 aliphatic carbocycles. The van der Waals surface area contributed by atoms with Gasteiger partial charge in [-0.1, -0.05) is 6.92 Å². The molecule has 1 heterocycles. The van der Waals surface area contributed by atoms with Gasteiger partial charge in [0.1, 0.15) is 10.5 Å². The smallest absolute Gasteiger partial charge is 0.339 e. The lowest BCUT2D eigenvalue weighted by Gasteiger charge is -2.10. The lowest BCUT2D eigenvalue weighted by Crippen LogP contribution is -2.15. The highest BCUT2D eigenvalue weighted by molar-refractivity contribution is 7.92. The Balaban J connectivity index is 2.49. The molecule has 2 rings (SSSR count). The number of nitrogens with one attached hydrogen (secondary N) is 1. The molecule has 0 amide bonds. The standard InChI is InChI=1S/C14H17N3O5S/c1-4-9-7-12(15-17(9)3)16-23(21,22)11-6-8(2)5-10(13(11)18)14(19)20/h5-7,18H,4H2,1-3H3,(H,15,16)(H,19,20). The van der Waals surface area contributed by atoms with Gasteiger partial charge in [-0.15, -0.1) is 0 Å². The van der Waals surface area contributed by atoms with Crippen molar-refractivity contribution in [3.05, 3.63) is 35.0 Å². The molecule has 3 N–H and O–H groups in total. The van der Waals surface area contributed by atoms with Crippen LogP contribution in [0.1, 0.15) is 28.5 Å². The summed E-state index contributed by atoms with van der Waals surface area (Å²) < 4.78 is 28.7. The van der Waals surface area contributed by atoms with Gasteiger partial charge in [0.2, 0.25) is 0 Å². The van der Waals surface area contributed by atoms with Crippen molar-refractivity contribution in [2.45, 2.75) is 25.2 Å². The van der Waals surface area contributed by atoms with Gasteiger partial charge in [0.15, 0.2) is 11.6 Å². The number of aryl methyl sites for hydroxylation is 3. The van der Waals surface area contributed by atoms with Gasteiger partial charge in [0.25, 0.3) is 10.0 Å². The molecule has 0 radical (unpaired) electrons. The number of rotatable bonds is 5. The summed E-state index contributed by atoms with van der Waals surface area (Å²) in [4.78, 5) is 10.6. The molecule has 8 nitrogen and oxygen atoms in total. The summed E-state index contributed by atoms with van der Waals surface area (Å²) in [5, 5.41) is 23.1. The number of sulfonamides is 1. The predicted molar refractivity (Wildman–Crippen MR) is 83.2 cm³/mol. The number of carboxylic acid groups (broad SMARTS) is 1. The fraction of sp³-hybridized carbons (Fsp3) is 0.286. The van der Waals surface area contributed by atoms with Crippen LogP contribution in [0.25, 0.3) is 0 Å². The molecule has 124 valence electrons. The normalized spacial score (nSPS) is 11.4. The maximum absolute atomic E-state index is 12.4. The number of benzene rings is 1. The molecule has 0 aliphatic rings. The number of carboxylic acids is 1. The lowest BCUT2D eigenvalue weighted by molar-refractivity contribution is 0.0693. The van der Waals surface area contributed by atoms with E-state index in [2.05, 4.69) is 9.82 Å². The van der Waals surface area contributed by atoms with Gasteiger partial charge in [-0.05, 0) is 31.0 Å². The number of carbonyl (C=O) groups is 1. The first kappa shape index (κ1) is 16.8. The third kappa shape index (κ3) is 3.29. The van der Waals surface area contributed by atoms with E-state index in [9.17, 15) is 18.3 Å². The van der Waals surface area contributed by atoms with E-state index >= 15 is 0 Å². The largest absolute Gasteiger partial charge is 0.506 e. The van der Waals surface area contributed by atoms with E-state index in [0.717, 1.165) is 5.69 Å². The Morgan fingerprint density at radius 2 is 2.00 bits per heavy atom. The van der Waals surface area contributed by atoms with Crippen LogP contribution >= 0.6 is 0 Å². The molecule has 0 fully saturated rings. The molecule has 0 spiro atoms. The minimum absolute atomic E-state index is 0.0992. The van der Waals surface area contributed by atoms with Gasteiger partial charge in [-0.2, -0.15) is 5.10 Å². The monoisotopic (exact) mass is 339 g/mol. The van der Waals surface area contributed by atoms with Gasteiger partial charge < -0.3 is 10.2 Å². The Kier molecular flexibility index (Phi) is 4.33. The maximum Gasteiger partial charge on any atom is 0.339 e. The Bertz CT molecular complexity index is 871. The highest BCUT2D eigenvalue weighted by Crippen LogP contribution is 2.30. The third-order valence-corrected chi connectivity index (χ3v) is 4.69. The summed E-state index contributed by atoms with van der Waals surface area (Å²) >= 11 is 0. The summed E-state index contributed by atoms with van der Waals surface area (Å²) in [6.07, 6.45) is 0.671. The zero-order chi connectivity index (χ0) is 17.4. The van der Waals surface area contributed by atoms with Crippen LogP contribution in [0.4, 0.5) is 5.82 Å². The topological polar surface area (TPSA) is 122 Å². The molecule has 0 unspecified atom stereocenters. The molecule has 1 aromatic heterocycles. The van der Waals surface area contributed by atoms with Crippen molar-refractivity contribution in [3.63, 3.8) is 0 Å². The number of phenols is 1. The van der Waals surface area contributed by atoms with E-state index in [1.165, 1.54) is 16.8 Å². The van der Waals surface area contributed by atoms with Crippen molar-refractivity contribution < 1.29 is 23.4 Å². The van der Waals surface area contributed by atoms with E-state index in [1.807, 2.05) is 6.92 Å². The molecular weight excluding hydrogens is 322 g/mol. The Morgan fingerprint density at radius 1 is 1.35 bits per heavy atom. The number of anilines is 1. The van der Waals surface area contributed by atoms with Crippen LogP contribution < -0.4 is 4.72 Å². The van der Waals surface area contributed by atoms with Crippen LogP contribution in [0.5, 0.6) is 5.75 Å². The second-order valence-electron chi connectivity index (χ2n) is 5.07.